The monoisotopic (exact) mass is 310 g/mol. The molecule has 0 fully saturated rings. The average Bonchev–Trinajstić information content (AvgIpc) is 2.86. The van der Waals surface area contributed by atoms with Crippen LogP contribution in [-0.2, 0) is 6.54 Å². The Bertz CT molecular complexity index is 808. The lowest BCUT2D eigenvalue weighted by Gasteiger charge is -2.21. The lowest BCUT2D eigenvalue weighted by Crippen LogP contribution is -2.26. The van der Waals surface area contributed by atoms with Gasteiger partial charge in [-0.25, -0.2) is 0 Å². The number of aryl methyl sites for hydroxylation is 1. The van der Waals surface area contributed by atoms with Crippen molar-refractivity contribution in [2.45, 2.75) is 33.4 Å². The molecule has 23 heavy (non-hydrogen) atoms. The van der Waals surface area contributed by atoms with E-state index in [9.17, 15) is 5.11 Å². The van der Waals surface area contributed by atoms with Gasteiger partial charge in [0, 0.05) is 18.1 Å². The maximum absolute atomic E-state index is 9.88. The number of pyridine rings is 1. The zero-order valence-electron chi connectivity index (χ0n) is 13.7. The summed E-state index contributed by atoms with van der Waals surface area (Å²) in [5.41, 5.74) is 2.72. The molecule has 2 aromatic heterocycles. The highest BCUT2D eigenvalue weighted by atomic mass is 16.3. The maximum Gasteiger partial charge on any atom is 0.138 e. The highest BCUT2D eigenvalue weighted by Gasteiger charge is 2.23. The van der Waals surface area contributed by atoms with Gasteiger partial charge in [-0.05, 0) is 36.6 Å². The molecule has 120 valence electrons. The first kappa shape index (κ1) is 15.6. The summed E-state index contributed by atoms with van der Waals surface area (Å²) in [6.07, 6.45) is 1.69. The fraction of sp³-hybridized carbons (Fsp3) is 0.316. The van der Waals surface area contributed by atoms with E-state index in [1.54, 1.807) is 18.3 Å². The van der Waals surface area contributed by atoms with E-state index < -0.39 is 0 Å². The molecule has 0 amide bonds. The van der Waals surface area contributed by atoms with Crippen LogP contribution in [0, 0.1) is 12.8 Å². The zero-order chi connectivity index (χ0) is 16.4. The Morgan fingerprint density at radius 1 is 1.17 bits per heavy atom. The summed E-state index contributed by atoms with van der Waals surface area (Å²) in [6, 6.07) is 11.5. The maximum atomic E-state index is 9.88. The number of furan rings is 1. The average molecular weight is 310 g/mol. The van der Waals surface area contributed by atoms with Crippen molar-refractivity contribution in [2.75, 3.05) is 0 Å². The van der Waals surface area contributed by atoms with Crippen LogP contribution in [-0.4, -0.2) is 10.1 Å². The van der Waals surface area contributed by atoms with E-state index in [2.05, 4.69) is 37.1 Å². The van der Waals surface area contributed by atoms with E-state index in [4.69, 9.17) is 4.42 Å². The first-order chi connectivity index (χ1) is 11.1. The van der Waals surface area contributed by atoms with Crippen LogP contribution in [0.4, 0.5) is 0 Å². The molecule has 0 bridgehead atoms. The quantitative estimate of drug-likeness (QED) is 0.736. The summed E-state index contributed by atoms with van der Waals surface area (Å²) < 4.78 is 6.10. The molecule has 0 aliphatic heterocycles. The number of aromatic nitrogens is 1. The second-order valence-corrected chi connectivity index (χ2v) is 6.16. The van der Waals surface area contributed by atoms with E-state index in [1.807, 2.05) is 18.2 Å². The number of aromatic hydroxyl groups is 1. The van der Waals surface area contributed by atoms with Gasteiger partial charge >= 0.3 is 0 Å². The predicted octanol–water partition coefficient (Wildman–Crippen LogP) is 4.33. The number of para-hydroxylation sites is 1. The summed E-state index contributed by atoms with van der Waals surface area (Å²) in [7, 11) is 0. The van der Waals surface area contributed by atoms with E-state index in [-0.39, 0.29) is 11.8 Å². The van der Waals surface area contributed by atoms with E-state index in [0.717, 1.165) is 22.3 Å². The van der Waals surface area contributed by atoms with Crippen molar-refractivity contribution in [1.29, 1.82) is 0 Å². The van der Waals surface area contributed by atoms with Crippen LogP contribution < -0.4 is 5.32 Å². The Morgan fingerprint density at radius 3 is 2.65 bits per heavy atom. The van der Waals surface area contributed by atoms with Gasteiger partial charge in [0.05, 0.1) is 11.7 Å². The Labute approximate surface area is 136 Å². The van der Waals surface area contributed by atoms with Gasteiger partial charge in [-0.15, -0.1) is 0 Å². The highest BCUT2D eigenvalue weighted by molar-refractivity contribution is 5.82. The minimum atomic E-state index is 0.0591. The summed E-state index contributed by atoms with van der Waals surface area (Å²) in [5, 5.41) is 14.5. The fourth-order valence-corrected chi connectivity index (χ4v) is 2.89. The molecule has 4 nitrogen and oxygen atoms in total. The van der Waals surface area contributed by atoms with Gasteiger partial charge in [-0.1, -0.05) is 32.0 Å². The Balaban J connectivity index is 1.89. The topological polar surface area (TPSA) is 58.3 Å². The van der Waals surface area contributed by atoms with Gasteiger partial charge < -0.3 is 14.8 Å². The standard InChI is InChI=1S/C19H22N2O2/c1-12(2)18(21-11-15-16(22)8-6-10-20-15)19-13(3)14-7-4-5-9-17(14)23-19/h4-10,12,18,21-22H,11H2,1-3H3/t18-/m0/s1. The number of rotatable bonds is 5. The van der Waals surface area contributed by atoms with Crippen molar-refractivity contribution in [3.05, 3.63) is 59.6 Å². The molecule has 1 atom stereocenters. The predicted molar refractivity (Wildman–Crippen MR) is 91.3 cm³/mol. The second kappa shape index (κ2) is 6.42. The number of nitrogens with zero attached hydrogens (tertiary/aromatic N) is 1. The van der Waals surface area contributed by atoms with Crippen LogP contribution in [0.25, 0.3) is 11.0 Å². The molecule has 0 saturated carbocycles. The lowest BCUT2D eigenvalue weighted by atomic mass is 9.98. The Hall–Kier alpha value is -2.33. The minimum absolute atomic E-state index is 0.0591. The normalized spacial score (nSPS) is 12.9. The molecule has 0 aliphatic carbocycles. The van der Waals surface area contributed by atoms with Crippen molar-refractivity contribution in [3.63, 3.8) is 0 Å². The second-order valence-electron chi connectivity index (χ2n) is 6.16. The molecule has 3 rings (SSSR count). The highest BCUT2D eigenvalue weighted by Crippen LogP contribution is 2.33. The van der Waals surface area contributed by atoms with Crippen molar-refractivity contribution in [3.8, 4) is 5.75 Å². The molecule has 1 aromatic carbocycles. The van der Waals surface area contributed by atoms with Crippen molar-refractivity contribution in [2.24, 2.45) is 5.92 Å². The number of hydrogen-bond acceptors (Lipinski definition) is 4. The van der Waals surface area contributed by atoms with Crippen LogP contribution in [0.3, 0.4) is 0 Å². The number of benzene rings is 1. The number of fused-ring (bicyclic) bond motifs is 1. The first-order valence-corrected chi connectivity index (χ1v) is 7.92. The molecule has 2 heterocycles. The van der Waals surface area contributed by atoms with Gasteiger partial charge in [0.15, 0.2) is 0 Å². The van der Waals surface area contributed by atoms with Crippen molar-refractivity contribution < 1.29 is 9.52 Å². The zero-order valence-corrected chi connectivity index (χ0v) is 13.7. The molecule has 0 radical (unpaired) electrons. The van der Waals surface area contributed by atoms with Crippen LogP contribution in [0.2, 0.25) is 0 Å². The molecule has 2 N–H and O–H groups in total. The lowest BCUT2D eigenvalue weighted by molar-refractivity contribution is 0.342. The van der Waals surface area contributed by atoms with Gasteiger partial charge in [-0.2, -0.15) is 0 Å². The minimum Gasteiger partial charge on any atom is -0.506 e. The summed E-state index contributed by atoms with van der Waals surface area (Å²) in [5.74, 6) is 1.51. The van der Waals surface area contributed by atoms with E-state index in [0.29, 0.717) is 18.2 Å². The molecule has 3 aromatic rings. The third-order valence-electron chi connectivity index (χ3n) is 4.19. The SMILES string of the molecule is Cc1c([C@@H](NCc2ncccc2O)C(C)C)oc2ccccc12. The van der Waals surface area contributed by atoms with Crippen LogP contribution in [0.1, 0.15) is 36.9 Å². The van der Waals surface area contributed by atoms with E-state index >= 15 is 0 Å². The third-order valence-corrected chi connectivity index (χ3v) is 4.19. The van der Waals surface area contributed by atoms with Crippen molar-refractivity contribution >= 4 is 11.0 Å². The number of hydrogen-bond donors (Lipinski definition) is 2. The van der Waals surface area contributed by atoms with Gasteiger partial charge in [-0.3, -0.25) is 4.98 Å². The summed E-state index contributed by atoms with van der Waals surface area (Å²) in [4.78, 5) is 4.23. The molecule has 0 saturated heterocycles. The molecule has 0 unspecified atom stereocenters. The van der Waals surface area contributed by atoms with Crippen LogP contribution >= 0.6 is 0 Å². The Kier molecular flexibility index (Phi) is 4.35. The van der Waals surface area contributed by atoms with Gasteiger partial charge in [0.25, 0.3) is 0 Å². The number of nitrogens with one attached hydrogen (secondary N) is 1. The Morgan fingerprint density at radius 2 is 1.96 bits per heavy atom. The van der Waals surface area contributed by atoms with Crippen molar-refractivity contribution in [1.82, 2.24) is 10.3 Å². The molecular formula is C19H22N2O2. The van der Waals surface area contributed by atoms with Gasteiger partial charge in [0.1, 0.15) is 17.1 Å². The summed E-state index contributed by atoms with van der Waals surface area (Å²) in [6.45, 7) is 6.90. The molecular weight excluding hydrogens is 288 g/mol. The molecule has 4 heteroatoms. The fourth-order valence-electron chi connectivity index (χ4n) is 2.89. The molecule has 0 aliphatic rings. The smallest absolute Gasteiger partial charge is 0.138 e. The van der Waals surface area contributed by atoms with Crippen LogP contribution in [0.5, 0.6) is 5.75 Å². The van der Waals surface area contributed by atoms with E-state index in [1.165, 1.54) is 0 Å². The van der Waals surface area contributed by atoms with Gasteiger partial charge in [0.2, 0.25) is 0 Å². The molecule has 0 spiro atoms. The third kappa shape index (κ3) is 3.08. The first-order valence-electron chi connectivity index (χ1n) is 7.92. The van der Waals surface area contributed by atoms with Crippen LogP contribution in [0.15, 0.2) is 47.0 Å². The summed E-state index contributed by atoms with van der Waals surface area (Å²) >= 11 is 0. The largest absolute Gasteiger partial charge is 0.506 e.